The van der Waals surface area contributed by atoms with Gasteiger partial charge in [0.15, 0.2) is 0 Å². The summed E-state index contributed by atoms with van der Waals surface area (Å²) in [6.45, 7) is 5.60. The molecule has 1 aliphatic heterocycles. The molecule has 3 rings (SSSR count). The van der Waals surface area contributed by atoms with E-state index in [4.69, 9.17) is 0 Å². The van der Waals surface area contributed by atoms with Gasteiger partial charge in [-0.05, 0) is 13.0 Å². The van der Waals surface area contributed by atoms with Gasteiger partial charge in [-0.25, -0.2) is 0 Å². The van der Waals surface area contributed by atoms with E-state index in [0.29, 0.717) is 16.4 Å². The molecule has 1 N–H and O–H groups in total. The Morgan fingerprint density at radius 3 is 2.67 bits per heavy atom. The minimum Gasteiger partial charge on any atom is -0.299 e. The van der Waals surface area contributed by atoms with Crippen molar-refractivity contribution in [3.8, 4) is 0 Å². The fraction of sp³-hybridized carbons (Fsp3) is 0.143. The van der Waals surface area contributed by atoms with E-state index in [2.05, 4.69) is 22.1 Å². The number of nitrogens with zero attached hydrogens (tertiary/aromatic N) is 3. The Hall–Kier alpha value is -2.54. The van der Waals surface area contributed by atoms with Crippen LogP contribution in [0.25, 0.3) is 5.70 Å². The van der Waals surface area contributed by atoms with Gasteiger partial charge in [0.2, 0.25) is 11.0 Å². The van der Waals surface area contributed by atoms with Gasteiger partial charge in [-0.1, -0.05) is 36.1 Å². The third kappa shape index (κ3) is 2.43. The highest BCUT2D eigenvalue weighted by Crippen LogP contribution is 2.30. The number of nitrogens with one attached hydrogen (secondary N) is 1. The number of aromatic nitrogens is 2. The zero-order chi connectivity index (χ0) is 15.0. The van der Waals surface area contributed by atoms with Crippen molar-refractivity contribution in [2.75, 3.05) is 11.9 Å². The van der Waals surface area contributed by atoms with Crippen LogP contribution in [0.2, 0.25) is 0 Å². The molecule has 7 heteroatoms. The summed E-state index contributed by atoms with van der Waals surface area (Å²) in [5.74, 6) is -0.535. The molecule has 1 aromatic heterocycles. The highest BCUT2D eigenvalue weighted by Gasteiger charge is 2.31. The van der Waals surface area contributed by atoms with Crippen LogP contribution >= 0.6 is 11.3 Å². The van der Waals surface area contributed by atoms with E-state index in [-0.39, 0.29) is 18.4 Å². The number of benzene rings is 1. The summed E-state index contributed by atoms with van der Waals surface area (Å²) in [6, 6.07) is 7.18. The zero-order valence-corrected chi connectivity index (χ0v) is 12.1. The Balaban J connectivity index is 1.73. The van der Waals surface area contributed by atoms with Gasteiger partial charge in [0.05, 0.1) is 0 Å². The standard InChI is InChI=1S/C14H12N4O2S/c1-8-10-5-3-4-6-11(10)13(20)18(8)7-12(19)15-14-17-16-9(2)21-14/h3-6H,1,7H2,2H3,(H,15,17,19). The molecule has 0 saturated heterocycles. The number of aryl methyl sites for hydroxylation is 1. The summed E-state index contributed by atoms with van der Waals surface area (Å²) in [6.07, 6.45) is 0. The van der Waals surface area contributed by atoms with E-state index in [1.165, 1.54) is 16.2 Å². The molecular formula is C14H12N4O2S. The van der Waals surface area contributed by atoms with Gasteiger partial charge in [-0.2, -0.15) is 0 Å². The van der Waals surface area contributed by atoms with Crippen molar-refractivity contribution in [3.63, 3.8) is 0 Å². The van der Waals surface area contributed by atoms with Crippen LogP contribution in [0.4, 0.5) is 5.13 Å². The molecule has 0 spiro atoms. The van der Waals surface area contributed by atoms with Gasteiger partial charge in [-0.15, -0.1) is 10.2 Å². The molecule has 1 aromatic carbocycles. The van der Waals surface area contributed by atoms with Crippen molar-refractivity contribution in [1.29, 1.82) is 0 Å². The first-order valence-corrected chi connectivity index (χ1v) is 7.08. The normalized spacial score (nSPS) is 13.5. The van der Waals surface area contributed by atoms with Gasteiger partial charge < -0.3 is 0 Å². The molecule has 2 heterocycles. The molecule has 21 heavy (non-hydrogen) atoms. The minimum absolute atomic E-state index is 0.0923. The number of hydrogen-bond acceptors (Lipinski definition) is 5. The van der Waals surface area contributed by atoms with Crippen LogP contribution in [0.15, 0.2) is 30.8 Å². The predicted molar refractivity (Wildman–Crippen MR) is 79.8 cm³/mol. The smallest absolute Gasteiger partial charge is 0.259 e. The van der Waals surface area contributed by atoms with Gasteiger partial charge in [0.1, 0.15) is 11.6 Å². The van der Waals surface area contributed by atoms with Crippen molar-refractivity contribution in [2.24, 2.45) is 0 Å². The van der Waals surface area contributed by atoms with E-state index in [1.807, 2.05) is 12.1 Å². The molecule has 0 fully saturated rings. The van der Waals surface area contributed by atoms with Crippen LogP contribution in [0.3, 0.4) is 0 Å². The van der Waals surface area contributed by atoms with Crippen LogP contribution in [-0.2, 0) is 4.79 Å². The topological polar surface area (TPSA) is 75.2 Å². The second kappa shape index (κ2) is 5.10. The molecule has 0 radical (unpaired) electrons. The number of amides is 2. The maximum atomic E-state index is 12.3. The Kier molecular flexibility index (Phi) is 3.26. The SMILES string of the molecule is C=C1c2ccccc2C(=O)N1CC(=O)Nc1nnc(C)s1. The Morgan fingerprint density at radius 1 is 1.33 bits per heavy atom. The van der Waals surface area contributed by atoms with E-state index >= 15 is 0 Å². The molecule has 2 amide bonds. The van der Waals surface area contributed by atoms with Crippen LogP contribution in [-0.4, -0.2) is 33.5 Å². The lowest BCUT2D eigenvalue weighted by Crippen LogP contribution is -2.32. The molecule has 0 bridgehead atoms. The lowest BCUT2D eigenvalue weighted by Gasteiger charge is -2.16. The molecular weight excluding hydrogens is 288 g/mol. The third-order valence-corrected chi connectivity index (χ3v) is 3.87. The van der Waals surface area contributed by atoms with Crippen LogP contribution < -0.4 is 5.32 Å². The largest absolute Gasteiger partial charge is 0.299 e. The van der Waals surface area contributed by atoms with E-state index in [0.717, 1.165) is 10.6 Å². The third-order valence-electron chi connectivity index (χ3n) is 3.11. The number of carbonyl (C=O) groups excluding carboxylic acids is 2. The monoisotopic (exact) mass is 300 g/mol. The minimum atomic E-state index is -0.326. The number of fused-ring (bicyclic) bond motifs is 1. The molecule has 0 unspecified atom stereocenters. The molecule has 2 aromatic rings. The number of hydrogen-bond donors (Lipinski definition) is 1. The van der Waals surface area contributed by atoms with Crippen molar-refractivity contribution >= 4 is 34.0 Å². The average molecular weight is 300 g/mol. The van der Waals surface area contributed by atoms with Crippen molar-refractivity contribution in [1.82, 2.24) is 15.1 Å². The lowest BCUT2D eigenvalue weighted by molar-refractivity contribution is -0.116. The summed E-state index contributed by atoms with van der Waals surface area (Å²) >= 11 is 1.28. The predicted octanol–water partition coefficient (Wildman–Crippen LogP) is 1.91. The summed E-state index contributed by atoms with van der Waals surface area (Å²) in [4.78, 5) is 25.6. The van der Waals surface area contributed by atoms with Crippen LogP contribution in [0, 0.1) is 6.92 Å². The molecule has 0 saturated carbocycles. The lowest BCUT2D eigenvalue weighted by atomic mass is 10.1. The van der Waals surface area contributed by atoms with Crippen molar-refractivity contribution in [2.45, 2.75) is 6.92 Å². The summed E-state index contributed by atoms with van der Waals surface area (Å²) < 4.78 is 0. The summed E-state index contributed by atoms with van der Waals surface area (Å²) in [5, 5.41) is 11.5. The second-order valence-corrected chi connectivity index (χ2v) is 5.74. The highest BCUT2D eigenvalue weighted by molar-refractivity contribution is 7.15. The average Bonchev–Trinajstić information content (AvgIpc) is 2.97. The van der Waals surface area contributed by atoms with Gasteiger partial charge in [0, 0.05) is 16.8 Å². The van der Waals surface area contributed by atoms with Crippen LogP contribution in [0.1, 0.15) is 20.9 Å². The fourth-order valence-corrected chi connectivity index (χ4v) is 2.76. The molecule has 6 nitrogen and oxygen atoms in total. The van der Waals surface area contributed by atoms with Gasteiger partial charge >= 0.3 is 0 Å². The quantitative estimate of drug-likeness (QED) is 0.939. The summed E-state index contributed by atoms with van der Waals surface area (Å²) in [5.41, 5.74) is 1.88. The van der Waals surface area contributed by atoms with Gasteiger partial charge in [0.25, 0.3) is 5.91 Å². The number of rotatable bonds is 3. The van der Waals surface area contributed by atoms with E-state index in [9.17, 15) is 9.59 Å². The Morgan fingerprint density at radius 2 is 2.05 bits per heavy atom. The van der Waals surface area contributed by atoms with Crippen molar-refractivity contribution in [3.05, 3.63) is 47.0 Å². The molecule has 106 valence electrons. The first kappa shape index (κ1) is 13.4. The maximum absolute atomic E-state index is 12.3. The van der Waals surface area contributed by atoms with E-state index < -0.39 is 0 Å². The Labute approximate surface area is 125 Å². The fourth-order valence-electron chi connectivity index (χ4n) is 2.15. The first-order chi connectivity index (χ1) is 10.1. The number of carbonyl (C=O) groups is 2. The number of anilines is 1. The molecule has 1 aliphatic rings. The highest BCUT2D eigenvalue weighted by atomic mass is 32.1. The van der Waals surface area contributed by atoms with Crippen molar-refractivity contribution < 1.29 is 9.59 Å². The van der Waals surface area contributed by atoms with Crippen LogP contribution in [0.5, 0.6) is 0 Å². The molecule has 0 aliphatic carbocycles. The Bertz CT molecular complexity index is 718. The first-order valence-electron chi connectivity index (χ1n) is 6.26. The summed E-state index contributed by atoms with van der Waals surface area (Å²) in [7, 11) is 0. The second-order valence-electron chi connectivity index (χ2n) is 4.56. The van der Waals surface area contributed by atoms with E-state index in [1.54, 1.807) is 19.1 Å². The molecule has 0 atom stereocenters. The zero-order valence-electron chi connectivity index (χ0n) is 11.3. The van der Waals surface area contributed by atoms with Gasteiger partial charge in [-0.3, -0.25) is 19.8 Å². The maximum Gasteiger partial charge on any atom is 0.259 e.